The minimum absolute atomic E-state index is 0.139. The van der Waals surface area contributed by atoms with Crippen molar-refractivity contribution in [1.82, 2.24) is 9.62 Å². The van der Waals surface area contributed by atoms with E-state index in [1.54, 1.807) is 36.4 Å². The minimum Gasteiger partial charge on any atom is -0.492 e. The number of aryl methyl sites for hydroxylation is 1. The highest BCUT2D eigenvalue weighted by Gasteiger charge is 2.29. The maximum absolute atomic E-state index is 12.7. The molecule has 0 bridgehead atoms. The zero-order valence-electron chi connectivity index (χ0n) is 20.3. The van der Waals surface area contributed by atoms with Crippen LogP contribution < -0.4 is 14.4 Å². The summed E-state index contributed by atoms with van der Waals surface area (Å²) in [6.45, 7) is 4.80. The molecule has 1 amide bonds. The second-order valence-corrected chi connectivity index (χ2v) is 12.4. The highest BCUT2D eigenvalue weighted by Crippen LogP contribution is 2.23. The van der Waals surface area contributed by atoms with Crippen LogP contribution in [0.2, 0.25) is 0 Å². The molecule has 11 heteroatoms. The quantitative estimate of drug-likeness (QED) is 0.479. The summed E-state index contributed by atoms with van der Waals surface area (Å²) in [5, 5.41) is 2.69. The largest absolute Gasteiger partial charge is 0.492 e. The van der Waals surface area contributed by atoms with Crippen molar-refractivity contribution in [3.8, 4) is 5.75 Å². The lowest BCUT2D eigenvalue weighted by atomic mass is 10.2. The van der Waals surface area contributed by atoms with Crippen molar-refractivity contribution >= 4 is 31.6 Å². The number of benzene rings is 2. The van der Waals surface area contributed by atoms with E-state index >= 15 is 0 Å². The lowest BCUT2D eigenvalue weighted by Gasteiger charge is -2.28. The minimum atomic E-state index is -3.68. The molecule has 0 spiro atoms. The van der Waals surface area contributed by atoms with Gasteiger partial charge in [-0.2, -0.15) is 4.31 Å². The molecule has 0 aliphatic carbocycles. The molecule has 1 aliphatic heterocycles. The molecule has 0 unspecified atom stereocenters. The Morgan fingerprint density at radius 2 is 1.60 bits per heavy atom. The molecule has 0 saturated carbocycles. The molecule has 1 fully saturated rings. The molecule has 0 radical (unpaired) electrons. The summed E-state index contributed by atoms with van der Waals surface area (Å²) >= 11 is 0. The Labute approximate surface area is 208 Å². The first-order valence-corrected chi connectivity index (χ1v) is 14.9. The summed E-state index contributed by atoms with van der Waals surface area (Å²) < 4.78 is 58.4. The lowest BCUT2D eigenvalue weighted by molar-refractivity contribution is -0.121. The number of piperidine rings is 1. The van der Waals surface area contributed by atoms with Crippen LogP contribution in [0.1, 0.15) is 31.7 Å². The third-order valence-electron chi connectivity index (χ3n) is 5.82. The molecule has 35 heavy (non-hydrogen) atoms. The fourth-order valence-corrected chi connectivity index (χ4v) is 6.65. The molecule has 1 heterocycles. The van der Waals surface area contributed by atoms with E-state index in [0.717, 1.165) is 35.4 Å². The topological polar surface area (TPSA) is 113 Å². The Balaban J connectivity index is 1.53. The summed E-state index contributed by atoms with van der Waals surface area (Å²) in [5.74, 6) is 0.0184. The second-order valence-electron chi connectivity index (χ2n) is 8.65. The number of anilines is 1. The van der Waals surface area contributed by atoms with Crippen LogP contribution in [0, 0.1) is 6.92 Å². The second kappa shape index (κ2) is 11.4. The molecule has 1 saturated heterocycles. The smallest absolute Gasteiger partial charge is 0.243 e. The van der Waals surface area contributed by atoms with Crippen LogP contribution in [0.5, 0.6) is 5.75 Å². The number of hydrogen-bond donors (Lipinski definition) is 1. The van der Waals surface area contributed by atoms with E-state index in [1.165, 1.54) is 23.4 Å². The summed E-state index contributed by atoms with van der Waals surface area (Å²) in [4.78, 5) is 12.9. The van der Waals surface area contributed by atoms with Crippen molar-refractivity contribution in [3.05, 3.63) is 54.1 Å². The highest BCUT2D eigenvalue weighted by atomic mass is 32.2. The first-order chi connectivity index (χ1) is 16.5. The van der Waals surface area contributed by atoms with Crippen LogP contribution in [0.15, 0.2) is 53.4 Å². The zero-order valence-corrected chi connectivity index (χ0v) is 21.9. The third-order valence-corrected chi connectivity index (χ3v) is 8.98. The molecule has 0 aromatic heterocycles. The van der Waals surface area contributed by atoms with Gasteiger partial charge in [-0.25, -0.2) is 16.8 Å². The highest BCUT2D eigenvalue weighted by molar-refractivity contribution is 7.92. The predicted octanol–water partition coefficient (Wildman–Crippen LogP) is 2.52. The number of nitrogens with zero attached hydrogens (tertiary/aromatic N) is 2. The standard InChI is InChI=1S/C24H33N3O6S2/c1-19-7-9-21(10-8-19)27(34(3,29)30)20(2)24(28)25-15-18-33-22-11-13-23(14-12-22)35(31,32)26-16-5-4-6-17-26/h7-14,20H,4-6,15-18H2,1-3H3,(H,25,28)/t20-/m1/s1. The summed E-state index contributed by atoms with van der Waals surface area (Å²) in [6.07, 6.45) is 3.86. The van der Waals surface area contributed by atoms with Gasteiger partial charge in [-0.1, -0.05) is 24.1 Å². The molecule has 2 aromatic rings. The van der Waals surface area contributed by atoms with Crippen LogP contribution >= 0.6 is 0 Å². The van der Waals surface area contributed by atoms with Crippen molar-refractivity contribution in [2.75, 3.05) is 36.8 Å². The summed E-state index contributed by atoms with van der Waals surface area (Å²) in [7, 11) is -7.19. The van der Waals surface area contributed by atoms with Crippen molar-refractivity contribution in [2.24, 2.45) is 0 Å². The average Bonchev–Trinajstić information content (AvgIpc) is 2.83. The van der Waals surface area contributed by atoms with Crippen LogP contribution in [-0.2, 0) is 24.8 Å². The van der Waals surface area contributed by atoms with E-state index in [-0.39, 0.29) is 18.0 Å². The van der Waals surface area contributed by atoms with Gasteiger partial charge in [0.25, 0.3) is 0 Å². The van der Waals surface area contributed by atoms with Gasteiger partial charge < -0.3 is 10.1 Å². The molecule has 2 aromatic carbocycles. The Kier molecular flexibility index (Phi) is 8.79. The van der Waals surface area contributed by atoms with Gasteiger partial charge in [0.05, 0.1) is 23.4 Å². The number of amides is 1. The van der Waals surface area contributed by atoms with E-state index in [0.29, 0.717) is 24.5 Å². The van der Waals surface area contributed by atoms with E-state index < -0.39 is 32.0 Å². The van der Waals surface area contributed by atoms with Crippen LogP contribution in [-0.4, -0.2) is 65.6 Å². The first-order valence-electron chi connectivity index (χ1n) is 11.6. The monoisotopic (exact) mass is 523 g/mol. The zero-order chi connectivity index (χ0) is 25.6. The van der Waals surface area contributed by atoms with E-state index in [1.807, 2.05) is 6.92 Å². The molecule has 3 rings (SSSR count). The number of rotatable bonds is 10. The molecular formula is C24H33N3O6S2. The summed E-state index contributed by atoms with van der Waals surface area (Å²) in [5.41, 5.74) is 1.39. The van der Waals surface area contributed by atoms with Gasteiger partial charge >= 0.3 is 0 Å². The maximum Gasteiger partial charge on any atom is 0.243 e. The molecule has 1 N–H and O–H groups in total. The molecule has 192 valence electrons. The van der Waals surface area contributed by atoms with Gasteiger partial charge in [0.1, 0.15) is 18.4 Å². The number of carbonyl (C=O) groups is 1. The van der Waals surface area contributed by atoms with Crippen molar-refractivity contribution in [1.29, 1.82) is 0 Å². The van der Waals surface area contributed by atoms with Crippen molar-refractivity contribution in [3.63, 3.8) is 0 Å². The van der Waals surface area contributed by atoms with Gasteiger partial charge in [-0.3, -0.25) is 9.10 Å². The number of sulfonamides is 2. The van der Waals surface area contributed by atoms with E-state index in [4.69, 9.17) is 4.74 Å². The van der Waals surface area contributed by atoms with Crippen LogP contribution in [0.25, 0.3) is 0 Å². The van der Waals surface area contributed by atoms with Gasteiger partial charge in [0.15, 0.2) is 0 Å². The third kappa shape index (κ3) is 6.96. The lowest BCUT2D eigenvalue weighted by Crippen LogP contribution is -2.48. The first kappa shape index (κ1) is 27.0. The number of carbonyl (C=O) groups excluding carboxylic acids is 1. The van der Waals surface area contributed by atoms with E-state index in [9.17, 15) is 21.6 Å². The summed E-state index contributed by atoms with van der Waals surface area (Å²) in [6, 6.07) is 12.2. The van der Waals surface area contributed by atoms with Crippen LogP contribution in [0.3, 0.4) is 0 Å². The fourth-order valence-electron chi connectivity index (χ4n) is 3.95. The molecular weight excluding hydrogens is 490 g/mol. The predicted molar refractivity (Wildman–Crippen MR) is 136 cm³/mol. The van der Waals surface area contributed by atoms with Crippen LogP contribution in [0.4, 0.5) is 5.69 Å². The Bertz CT molecular complexity index is 1210. The van der Waals surface area contributed by atoms with Gasteiger partial charge in [-0.05, 0) is 63.1 Å². The average molecular weight is 524 g/mol. The van der Waals surface area contributed by atoms with Gasteiger partial charge in [-0.15, -0.1) is 0 Å². The maximum atomic E-state index is 12.7. The number of nitrogens with one attached hydrogen (secondary N) is 1. The normalized spacial score (nSPS) is 15.9. The molecule has 1 aliphatic rings. The number of ether oxygens (including phenoxy) is 1. The Morgan fingerprint density at radius 1 is 1.00 bits per heavy atom. The van der Waals surface area contributed by atoms with Crippen molar-refractivity contribution in [2.45, 2.75) is 44.0 Å². The Hall–Kier alpha value is -2.63. The molecule has 9 nitrogen and oxygen atoms in total. The SMILES string of the molecule is Cc1ccc(N([C@H](C)C(=O)NCCOc2ccc(S(=O)(=O)N3CCCCC3)cc2)S(C)(=O)=O)cc1. The van der Waals surface area contributed by atoms with Gasteiger partial charge in [0, 0.05) is 13.1 Å². The molecule has 1 atom stereocenters. The van der Waals surface area contributed by atoms with E-state index in [2.05, 4.69) is 5.32 Å². The Morgan fingerprint density at radius 3 is 2.17 bits per heavy atom. The van der Waals surface area contributed by atoms with Gasteiger partial charge in [0.2, 0.25) is 26.0 Å². The number of hydrogen-bond acceptors (Lipinski definition) is 6. The fraction of sp³-hybridized carbons (Fsp3) is 0.458. The van der Waals surface area contributed by atoms with Crippen molar-refractivity contribution < 1.29 is 26.4 Å².